The molecule has 0 aliphatic carbocycles. The Morgan fingerprint density at radius 1 is 1.67 bits per heavy atom. The zero-order chi connectivity index (χ0) is 9.14. The summed E-state index contributed by atoms with van der Waals surface area (Å²) in [6.07, 6.45) is 1.51. The summed E-state index contributed by atoms with van der Waals surface area (Å²) >= 11 is 1.98. The Morgan fingerprint density at radius 3 is 2.92 bits per heavy atom. The molecule has 0 saturated heterocycles. The minimum atomic E-state index is -0.588. The zero-order valence-corrected chi connectivity index (χ0v) is 8.08. The number of hydrazine groups is 1. The highest BCUT2D eigenvalue weighted by Crippen LogP contribution is 2.01. The maximum Gasteiger partial charge on any atom is 0.270 e. The Kier molecular flexibility index (Phi) is 2.82. The van der Waals surface area contributed by atoms with Crippen molar-refractivity contribution < 1.29 is 4.79 Å². The van der Waals surface area contributed by atoms with E-state index in [0.29, 0.717) is 0 Å². The summed E-state index contributed by atoms with van der Waals surface area (Å²) in [5, 5.41) is 0. The number of nitrogens with two attached hydrogens (primary N) is 1. The van der Waals surface area contributed by atoms with Gasteiger partial charge in [0.1, 0.15) is 5.56 Å². The summed E-state index contributed by atoms with van der Waals surface area (Å²) in [5.74, 6) is 4.28. The minimum Gasteiger partial charge on any atom is -0.327 e. The molecule has 0 atom stereocenters. The lowest BCUT2D eigenvalue weighted by molar-refractivity contribution is 0.0952. The Labute approximate surface area is 81.5 Å². The van der Waals surface area contributed by atoms with Crippen molar-refractivity contribution in [3.05, 3.63) is 31.8 Å². The third-order valence-corrected chi connectivity index (χ3v) is 1.87. The van der Waals surface area contributed by atoms with Crippen molar-refractivity contribution in [3.63, 3.8) is 0 Å². The quantitative estimate of drug-likeness (QED) is 0.282. The summed E-state index contributed by atoms with van der Waals surface area (Å²) in [6, 6.07) is 1.46. The van der Waals surface area contributed by atoms with Crippen molar-refractivity contribution in [2.45, 2.75) is 0 Å². The van der Waals surface area contributed by atoms with Crippen LogP contribution in [0.2, 0.25) is 0 Å². The zero-order valence-electron chi connectivity index (χ0n) is 5.93. The van der Waals surface area contributed by atoms with E-state index < -0.39 is 11.5 Å². The Morgan fingerprint density at radius 2 is 2.33 bits per heavy atom. The Balaban J connectivity index is 3.23. The van der Waals surface area contributed by atoms with Gasteiger partial charge in [-0.15, -0.1) is 0 Å². The first kappa shape index (κ1) is 9.20. The van der Waals surface area contributed by atoms with Crippen LogP contribution in [-0.2, 0) is 0 Å². The lowest BCUT2D eigenvalue weighted by atomic mass is 10.3. The third kappa shape index (κ3) is 1.83. The molecule has 4 N–H and O–H groups in total. The number of H-pyrrole nitrogens is 1. The molecular formula is C6H6IN3O2. The van der Waals surface area contributed by atoms with Crippen molar-refractivity contribution in [2.24, 2.45) is 5.84 Å². The van der Waals surface area contributed by atoms with E-state index in [4.69, 9.17) is 5.84 Å². The molecule has 1 aromatic heterocycles. The maximum absolute atomic E-state index is 11.0. The summed E-state index contributed by atoms with van der Waals surface area (Å²) in [4.78, 5) is 24.3. The van der Waals surface area contributed by atoms with Gasteiger partial charge < -0.3 is 4.98 Å². The number of halogens is 1. The summed E-state index contributed by atoms with van der Waals surface area (Å²) < 4.78 is 0.769. The molecule has 64 valence electrons. The molecule has 1 amide bonds. The van der Waals surface area contributed by atoms with Gasteiger partial charge in [-0.25, -0.2) is 5.84 Å². The van der Waals surface area contributed by atoms with Crippen LogP contribution in [0.15, 0.2) is 17.1 Å². The van der Waals surface area contributed by atoms with Crippen LogP contribution in [0, 0.1) is 3.57 Å². The van der Waals surface area contributed by atoms with E-state index in [-0.39, 0.29) is 5.56 Å². The summed E-state index contributed by atoms with van der Waals surface area (Å²) in [7, 11) is 0. The number of pyridine rings is 1. The van der Waals surface area contributed by atoms with Gasteiger partial charge in [0, 0.05) is 9.77 Å². The average molecular weight is 279 g/mol. The molecule has 5 nitrogen and oxygen atoms in total. The van der Waals surface area contributed by atoms with Gasteiger partial charge >= 0.3 is 0 Å². The second kappa shape index (κ2) is 3.68. The number of carbonyl (C=O) groups is 1. The van der Waals surface area contributed by atoms with Crippen molar-refractivity contribution >= 4 is 28.5 Å². The van der Waals surface area contributed by atoms with Gasteiger partial charge in [0.15, 0.2) is 0 Å². The summed E-state index contributed by atoms with van der Waals surface area (Å²) in [6.45, 7) is 0. The Bertz CT molecular complexity index is 360. The third-order valence-electron chi connectivity index (χ3n) is 1.24. The smallest absolute Gasteiger partial charge is 0.270 e. The van der Waals surface area contributed by atoms with Crippen molar-refractivity contribution in [3.8, 4) is 0 Å². The van der Waals surface area contributed by atoms with Crippen LogP contribution < -0.4 is 16.8 Å². The van der Waals surface area contributed by atoms with Crippen LogP contribution in [0.4, 0.5) is 0 Å². The first-order chi connectivity index (χ1) is 5.65. The fourth-order valence-electron chi connectivity index (χ4n) is 0.704. The van der Waals surface area contributed by atoms with Crippen molar-refractivity contribution in [1.82, 2.24) is 10.4 Å². The molecule has 1 aromatic rings. The summed E-state index contributed by atoms with van der Waals surface area (Å²) in [5.41, 5.74) is 1.46. The predicted octanol–water partition coefficient (Wildman–Crippen LogP) is -0.417. The predicted molar refractivity (Wildman–Crippen MR) is 51.4 cm³/mol. The molecule has 0 radical (unpaired) electrons. The van der Waals surface area contributed by atoms with E-state index in [1.165, 1.54) is 12.3 Å². The average Bonchev–Trinajstić information content (AvgIpc) is 2.08. The molecule has 6 heteroatoms. The number of aromatic nitrogens is 1. The standard InChI is InChI=1S/C6H6IN3O2/c7-3-1-4(6(12)10-8)5(11)9-2-3/h1-2H,8H2,(H,9,11)(H,10,12). The SMILES string of the molecule is NNC(=O)c1cc(I)c[nH]c1=O. The molecule has 0 fully saturated rings. The number of nitrogen functional groups attached to an aromatic ring is 1. The fourth-order valence-corrected chi connectivity index (χ4v) is 1.17. The topological polar surface area (TPSA) is 88.0 Å². The monoisotopic (exact) mass is 279 g/mol. The largest absolute Gasteiger partial charge is 0.327 e. The molecule has 0 unspecified atom stereocenters. The highest BCUT2D eigenvalue weighted by Gasteiger charge is 2.08. The van der Waals surface area contributed by atoms with Crippen molar-refractivity contribution in [2.75, 3.05) is 0 Å². The maximum atomic E-state index is 11.0. The van der Waals surface area contributed by atoms with Crippen LogP contribution in [0.1, 0.15) is 10.4 Å². The molecule has 0 bridgehead atoms. The Hall–Kier alpha value is -0.890. The molecule has 1 rings (SSSR count). The van der Waals surface area contributed by atoms with Crippen LogP contribution in [0.25, 0.3) is 0 Å². The van der Waals surface area contributed by atoms with Gasteiger partial charge in [0.25, 0.3) is 11.5 Å². The van der Waals surface area contributed by atoms with Gasteiger partial charge in [-0.05, 0) is 28.7 Å². The number of amides is 1. The number of nitrogens with one attached hydrogen (secondary N) is 2. The molecular weight excluding hydrogens is 273 g/mol. The van der Waals surface area contributed by atoms with Crippen molar-refractivity contribution in [1.29, 1.82) is 0 Å². The van der Waals surface area contributed by atoms with E-state index in [9.17, 15) is 9.59 Å². The molecule has 0 saturated carbocycles. The molecule has 0 aliphatic heterocycles. The van der Waals surface area contributed by atoms with E-state index in [1.807, 2.05) is 28.0 Å². The van der Waals surface area contributed by atoms with E-state index in [1.54, 1.807) is 0 Å². The second-order valence-corrected chi connectivity index (χ2v) is 3.28. The highest BCUT2D eigenvalue weighted by molar-refractivity contribution is 14.1. The second-order valence-electron chi connectivity index (χ2n) is 2.03. The number of carbonyl (C=O) groups excluding carboxylic acids is 1. The van der Waals surface area contributed by atoms with Crippen LogP contribution >= 0.6 is 22.6 Å². The fraction of sp³-hybridized carbons (Fsp3) is 0. The van der Waals surface area contributed by atoms with Gasteiger partial charge in [0.05, 0.1) is 0 Å². The molecule has 0 aliphatic rings. The van der Waals surface area contributed by atoms with Crippen LogP contribution in [0.3, 0.4) is 0 Å². The molecule has 12 heavy (non-hydrogen) atoms. The number of aromatic amines is 1. The van der Waals surface area contributed by atoms with Gasteiger partial charge in [-0.1, -0.05) is 0 Å². The van der Waals surface area contributed by atoms with E-state index in [0.717, 1.165) is 3.57 Å². The van der Waals surface area contributed by atoms with E-state index >= 15 is 0 Å². The molecule has 1 heterocycles. The minimum absolute atomic E-state index is 0.0180. The number of hydrogen-bond donors (Lipinski definition) is 3. The van der Waals surface area contributed by atoms with Crippen LogP contribution in [0.5, 0.6) is 0 Å². The van der Waals surface area contributed by atoms with Gasteiger partial charge in [-0.2, -0.15) is 0 Å². The molecule has 0 spiro atoms. The lowest BCUT2D eigenvalue weighted by Gasteiger charge is -1.97. The molecule has 0 aromatic carbocycles. The van der Waals surface area contributed by atoms with Gasteiger partial charge in [0.2, 0.25) is 0 Å². The van der Waals surface area contributed by atoms with E-state index in [2.05, 4.69) is 4.98 Å². The lowest BCUT2D eigenvalue weighted by Crippen LogP contribution is -2.34. The normalized spacial score (nSPS) is 9.50. The van der Waals surface area contributed by atoms with Crippen LogP contribution in [-0.4, -0.2) is 10.9 Å². The number of hydrogen-bond acceptors (Lipinski definition) is 3. The first-order valence-electron chi connectivity index (χ1n) is 3.04. The first-order valence-corrected chi connectivity index (χ1v) is 4.12. The van der Waals surface area contributed by atoms with Gasteiger partial charge in [-0.3, -0.25) is 15.0 Å². The highest BCUT2D eigenvalue weighted by atomic mass is 127. The number of rotatable bonds is 1.